The summed E-state index contributed by atoms with van der Waals surface area (Å²) >= 11 is 0. The molecule has 0 saturated carbocycles. The van der Waals surface area contributed by atoms with E-state index in [4.69, 9.17) is 9.84 Å². The summed E-state index contributed by atoms with van der Waals surface area (Å²) in [6, 6.07) is 0. The summed E-state index contributed by atoms with van der Waals surface area (Å²) in [6.07, 6.45) is 0.131. The molecular weight excluding hydrogens is 212 g/mol. The van der Waals surface area contributed by atoms with Gasteiger partial charge in [0, 0.05) is 5.57 Å². The van der Waals surface area contributed by atoms with Crippen LogP contribution in [0.3, 0.4) is 0 Å². The van der Waals surface area contributed by atoms with Crippen LogP contribution in [0.1, 0.15) is 33.1 Å². The van der Waals surface area contributed by atoms with Gasteiger partial charge in [0.05, 0.1) is 11.7 Å². The van der Waals surface area contributed by atoms with Crippen LogP contribution >= 0.6 is 0 Å². The molecule has 0 saturated heterocycles. The summed E-state index contributed by atoms with van der Waals surface area (Å²) in [5.74, 6) is -1.86. The van der Waals surface area contributed by atoms with Crippen LogP contribution < -0.4 is 0 Å². The van der Waals surface area contributed by atoms with Gasteiger partial charge in [0.1, 0.15) is 0 Å². The summed E-state index contributed by atoms with van der Waals surface area (Å²) in [5.41, 5.74) is -0.0401. The highest BCUT2D eigenvalue weighted by atomic mass is 16.6. The van der Waals surface area contributed by atoms with Gasteiger partial charge >= 0.3 is 11.9 Å². The Balaban J connectivity index is 2.82. The van der Waals surface area contributed by atoms with E-state index in [1.54, 1.807) is 0 Å². The minimum atomic E-state index is -1.20. The lowest BCUT2D eigenvalue weighted by Gasteiger charge is -2.18. The second-order valence-electron chi connectivity index (χ2n) is 3.88. The number of carbonyl (C=O) groups is 2. The third kappa shape index (κ3) is 2.41. The van der Waals surface area contributed by atoms with Gasteiger partial charge in [0.2, 0.25) is 0 Å². The highest BCUT2D eigenvalue weighted by Gasteiger charge is 2.39. The van der Waals surface area contributed by atoms with Gasteiger partial charge in [-0.25, -0.2) is 9.59 Å². The molecule has 0 bridgehead atoms. The number of hydrogen-bond acceptors (Lipinski definition) is 4. The number of hydrogen-bond donors (Lipinski definition) is 2. The number of carboxylic acids is 1. The average Bonchev–Trinajstić information content (AvgIpc) is 2.52. The van der Waals surface area contributed by atoms with E-state index in [2.05, 4.69) is 0 Å². The first-order chi connectivity index (χ1) is 7.49. The zero-order valence-electron chi connectivity index (χ0n) is 9.40. The topological polar surface area (TPSA) is 83.8 Å². The number of aliphatic hydroxyl groups excluding tert-OH is 1. The molecule has 0 aliphatic carbocycles. The molecule has 1 rings (SSSR count). The maximum Gasteiger partial charge on any atom is 0.335 e. The molecule has 0 aromatic heterocycles. The number of aliphatic carboxylic acids is 1. The zero-order valence-corrected chi connectivity index (χ0v) is 9.40. The number of carboxylic acid groups (broad SMARTS) is 1. The molecule has 0 spiro atoms. The fourth-order valence-corrected chi connectivity index (χ4v) is 1.70. The summed E-state index contributed by atoms with van der Waals surface area (Å²) < 4.78 is 4.86. The molecule has 0 unspecified atom stereocenters. The molecule has 5 heteroatoms. The molecule has 1 aliphatic rings. The second-order valence-corrected chi connectivity index (χ2v) is 3.88. The van der Waals surface area contributed by atoms with E-state index >= 15 is 0 Å². The van der Waals surface area contributed by atoms with Crippen LogP contribution in [0.15, 0.2) is 11.1 Å². The molecule has 90 valence electrons. The van der Waals surface area contributed by atoms with Crippen LogP contribution in [0.5, 0.6) is 0 Å². The van der Waals surface area contributed by atoms with E-state index in [1.807, 2.05) is 6.92 Å². The normalized spacial score (nSPS) is 22.2. The first kappa shape index (κ1) is 12.7. The molecule has 16 heavy (non-hydrogen) atoms. The predicted molar refractivity (Wildman–Crippen MR) is 55.7 cm³/mol. The van der Waals surface area contributed by atoms with Crippen LogP contribution in [0.4, 0.5) is 0 Å². The van der Waals surface area contributed by atoms with Gasteiger partial charge in [-0.1, -0.05) is 19.8 Å². The quantitative estimate of drug-likeness (QED) is 0.682. The Hall–Kier alpha value is -1.36. The minimum absolute atomic E-state index is 0.0769. The van der Waals surface area contributed by atoms with Crippen molar-refractivity contribution in [2.75, 3.05) is 0 Å². The first-order valence-corrected chi connectivity index (χ1v) is 5.32. The highest BCUT2D eigenvalue weighted by molar-refractivity contribution is 6.03. The Morgan fingerprint density at radius 3 is 2.69 bits per heavy atom. The maximum absolute atomic E-state index is 11.2. The lowest BCUT2D eigenvalue weighted by molar-refractivity contribution is -0.145. The molecule has 2 N–H and O–H groups in total. The van der Waals surface area contributed by atoms with Gasteiger partial charge in [-0.3, -0.25) is 0 Å². The van der Waals surface area contributed by atoms with E-state index in [0.29, 0.717) is 6.42 Å². The van der Waals surface area contributed by atoms with Gasteiger partial charge < -0.3 is 14.9 Å². The van der Waals surface area contributed by atoms with E-state index in [9.17, 15) is 14.7 Å². The summed E-state index contributed by atoms with van der Waals surface area (Å²) in [7, 11) is 0. The Morgan fingerprint density at radius 1 is 1.56 bits per heavy atom. The third-order valence-corrected chi connectivity index (χ3v) is 2.66. The number of cyclic esters (lactones) is 1. The molecule has 0 amide bonds. The van der Waals surface area contributed by atoms with Crippen molar-refractivity contribution in [1.29, 1.82) is 0 Å². The van der Waals surface area contributed by atoms with Crippen molar-refractivity contribution in [3.8, 4) is 0 Å². The van der Waals surface area contributed by atoms with E-state index in [1.165, 1.54) is 6.92 Å². The van der Waals surface area contributed by atoms with Gasteiger partial charge in [-0.15, -0.1) is 0 Å². The van der Waals surface area contributed by atoms with Crippen molar-refractivity contribution >= 4 is 11.9 Å². The number of unbranched alkanes of at least 4 members (excludes halogenated alkanes) is 1. The summed E-state index contributed by atoms with van der Waals surface area (Å²) in [6.45, 7) is 3.37. The molecule has 0 aromatic carbocycles. The van der Waals surface area contributed by atoms with Gasteiger partial charge in [-0.2, -0.15) is 0 Å². The molecule has 0 fully saturated rings. The van der Waals surface area contributed by atoms with Crippen molar-refractivity contribution in [3.63, 3.8) is 0 Å². The summed E-state index contributed by atoms with van der Waals surface area (Å²) in [4.78, 5) is 22.2. The van der Waals surface area contributed by atoms with Crippen molar-refractivity contribution in [3.05, 3.63) is 11.1 Å². The van der Waals surface area contributed by atoms with Crippen molar-refractivity contribution < 1.29 is 24.5 Å². The smallest absolute Gasteiger partial charge is 0.335 e. The standard InChI is InChI=1S/C11H16O5/c1-3-4-5-7(12)9-8(10(13)14)6(2)11(15)16-9/h7,9,12H,3-5H2,1-2H3,(H,13,14)/t7-,9+/m1/s1. The van der Waals surface area contributed by atoms with Crippen molar-refractivity contribution in [2.45, 2.75) is 45.3 Å². The van der Waals surface area contributed by atoms with Gasteiger partial charge in [-0.05, 0) is 13.3 Å². The molecule has 1 aliphatic heterocycles. The first-order valence-electron chi connectivity index (χ1n) is 5.32. The predicted octanol–water partition coefficient (Wildman–Crippen LogP) is 0.864. The molecule has 5 nitrogen and oxygen atoms in total. The van der Waals surface area contributed by atoms with Gasteiger partial charge in [0.25, 0.3) is 0 Å². The van der Waals surface area contributed by atoms with Crippen LogP contribution in [0, 0.1) is 0 Å². The maximum atomic E-state index is 11.2. The third-order valence-electron chi connectivity index (χ3n) is 2.66. The summed E-state index contributed by atoms with van der Waals surface area (Å²) in [5, 5.41) is 18.7. The SMILES string of the molecule is CCCC[C@@H](O)[C@@H]1OC(=O)C(C)=C1C(=O)O. The monoisotopic (exact) mass is 228 g/mol. The van der Waals surface area contributed by atoms with E-state index in [0.717, 1.165) is 12.8 Å². The van der Waals surface area contributed by atoms with Crippen LogP contribution in [0.25, 0.3) is 0 Å². The van der Waals surface area contributed by atoms with Crippen molar-refractivity contribution in [1.82, 2.24) is 0 Å². The molecule has 0 aromatic rings. The zero-order chi connectivity index (χ0) is 12.3. The minimum Gasteiger partial charge on any atom is -0.478 e. The lowest BCUT2D eigenvalue weighted by atomic mass is 9.99. The molecule has 0 radical (unpaired) electrons. The Kier molecular flexibility index (Phi) is 4.06. The van der Waals surface area contributed by atoms with Crippen LogP contribution in [0.2, 0.25) is 0 Å². The lowest BCUT2D eigenvalue weighted by Crippen LogP contribution is -2.31. The van der Waals surface area contributed by atoms with Crippen LogP contribution in [-0.4, -0.2) is 34.4 Å². The van der Waals surface area contributed by atoms with Crippen LogP contribution in [-0.2, 0) is 14.3 Å². The number of esters is 1. The Morgan fingerprint density at radius 2 is 2.19 bits per heavy atom. The van der Waals surface area contributed by atoms with E-state index in [-0.39, 0.29) is 11.1 Å². The number of ether oxygens (including phenoxy) is 1. The fraction of sp³-hybridized carbons (Fsp3) is 0.636. The average molecular weight is 228 g/mol. The van der Waals surface area contributed by atoms with Gasteiger partial charge in [0.15, 0.2) is 6.10 Å². The van der Waals surface area contributed by atoms with Crippen molar-refractivity contribution in [2.24, 2.45) is 0 Å². The molecular formula is C11H16O5. The molecule has 1 heterocycles. The fourth-order valence-electron chi connectivity index (χ4n) is 1.70. The number of rotatable bonds is 5. The second kappa shape index (κ2) is 5.12. The Bertz CT molecular complexity index is 331. The largest absolute Gasteiger partial charge is 0.478 e. The highest BCUT2D eigenvalue weighted by Crippen LogP contribution is 2.26. The molecule has 2 atom stereocenters. The Labute approximate surface area is 93.7 Å². The van der Waals surface area contributed by atoms with E-state index < -0.39 is 24.1 Å². The number of aliphatic hydroxyl groups is 1. The number of carbonyl (C=O) groups excluding carboxylic acids is 1.